The SMILES string of the molecule is O=c1[nH]c2c(O)ccc([C@@H](O)CNCCc3ccc(CCCOc4cc5cccnc5c(-c5cccc(Cl)c5)n4)cc3)c2s1. The number of hydrogen-bond donors (Lipinski definition) is 4. The Bertz CT molecular complexity index is 1960. The number of nitrogens with one attached hydrogen (secondary N) is 2. The van der Waals surface area contributed by atoms with Gasteiger partial charge in [-0.1, -0.05) is 71.5 Å². The van der Waals surface area contributed by atoms with Crippen LogP contribution < -0.4 is 14.9 Å². The number of aliphatic hydroxyl groups excluding tert-OH is 1. The monoisotopic (exact) mass is 626 g/mol. The number of rotatable bonds is 12. The second kappa shape index (κ2) is 13.6. The van der Waals surface area contributed by atoms with Crippen LogP contribution in [0.2, 0.25) is 5.02 Å². The van der Waals surface area contributed by atoms with E-state index in [1.54, 1.807) is 12.3 Å². The van der Waals surface area contributed by atoms with Gasteiger partial charge in [-0.15, -0.1) is 0 Å². The second-order valence-corrected chi connectivity index (χ2v) is 11.9. The van der Waals surface area contributed by atoms with Gasteiger partial charge in [-0.3, -0.25) is 9.78 Å². The van der Waals surface area contributed by atoms with Gasteiger partial charge >= 0.3 is 4.87 Å². The zero-order chi connectivity index (χ0) is 30.5. The topological polar surface area (TPSA) is 120 Å². The highest BCUT2D eigenvalue weighted by Crippen LogP contribution is 2.32. The lowest BCUT2D eigenvalue weighted by Gasteiger charge is -2.13. The molecule has 44 heavy (non-hydrogen) atoms. The van der Waals surface area contributed by atoms with E-state index in [2.05, 4.69) is 39.6 Å². The van der Waals surface area contributed by atoms with Crippen LogP contribution in [0, 0.1) is 0 Å². The van der Waals surface area contributed by atoms with Gasteiger partial charge in [0.2, 0.25) is 5.88 Å². The fourth-order valence-electron chi connectivity index (χ4n) is 5.18. The summed E-state index contributed by atoms with van der Waals surface area (Å²) in [5, 5.41) is 25.5. The van der Waals surface area contributed by atoms with E-state index in [1.165, 1.54) is 17.2 Å². The molecule has 3 aromatic heterocycles. The number of hydrogen-bond acceptors (Lipinski definition) is 8. The molecular formula is C34H31ClN4O4S. The van der Waals surface area contributed by atoms with Crippen molar-refractivity contribution in [2.24, 2.45) is 0 Å². The summed E-state index contributed by atoms with van der Waals surface area (Å²) < 4.78 is 6.65. The second-order valence-electron chi connectivity index (χ2n) is 10.5. The number of ether oxygens (including phenoxy) is 1. The van der Waals surface area contributed by atoms with Crippen LogP contribution >= 0.6 is 22.9 Å². The van der Waals surface area contributed by atoms with Crippen LogP contribution in [0.25, 0.3) is 32.4 Å². The van der Waals surface area contributed by atoms with Crippen molar-refractivity contribution in [1.82, 2.24) is 20.3 Å². The van der Waals surface area contributed by atoms with Gasteiger partial charge in [0.15, 0.2) is 0 Å². The molecule has 1 atom stereocenters. The van der Waals surface area contributed by atoms with E-state index in [0.717, 1.165) is 52.8 Å². The van der Waals surface area contributed by atoms with Crippen LogP contribution in [-0.4, -0.2) is 44.9 Å². The summed E-state index contributed by atoms with van der Waals surface area (Å²) in [6.45, 7) is 1.57. The minimum Gasteiger partial charge on any atom is -0.506 e. The predicted octanol–water partition coefficient (Wildman–Crippen LogP) is 6.44. The van der Waals surface area contributed by atoms with Crippen molar-refractivity contribution in [3.8, 4) is 22.9 Å². The van der Waals surface area contributed by atoms with Gasteiger partial charge in [-0.05, 0) is 61.2 Å². The van der Waals surface area contributed by atoms with Crippen LogP contribution in [0.4, 0.5) is 0 Å². The number of aliphatic hydroxyl groups is 1. The Labute approximate surface area is 263 Å². The molecule has 224 valence electrons. The molecule has 6 aromatic rings. The van der Waals surface area contributed by atoms with Crippen molar-refractivity contribution in [3.05, 3.63) is 116 Å². The summed E-state index contributed by atoms with van der Waals surface area (Å²) in [7, 11) is 0. The number of aromatic nitrogens is 3. The first-order valence-corrected chi connectivity index (χ1v) is 15.6. The van der Waals surface area contributed by atoms with Crippen LogP contribution in [0.3, 0.4) is 0 Å². The van der Waals surface area contributed by atoms with E-state index >= 15 is 0 Å². The predicted molar refractivity (Wildman–Crippen MR) is 176 cm³/mol. The minimum atomic E-state index is -0.793. The average molecular weight is 627 g/mol. The van der Waals surface area contributed by atoms with E-state index in [-0.39, 0.29) is 10.6 Å². The fraction of sp³-hybridized carbons (Fsp3) is 0.206. The van der Waals surface area contributed by atoms with E-state index in [0.29, 0.717) is 46.4 Å². The molecule has 0 amide bonds. The van der Waals surface area contributed by atoms with Gasteiger partial charge in [0, 0.05) is 40.3 Å². The fourth-order valence-corrected chi connectivity index (χ4v) is 6.29. The Morgan fingerprint density at radius 3 is 2.64 bits per heavy atom. The Hall–Kier alpha value is -4.28. The van der Waals surface area contributed by atoms with Gasteiger partial charge < -0.3 is 25.3 Å². The Morgan fingerprint density at radius 2 is 1.82 bits per heavy atom. The number of pyridine rings is 2. The van der Waals surface area contributed by atoms with Crippen LogP contribution in [-0.2, 0) is 12.8 Å². The molecule has 0 saturated carbocycles. The van der Waals surface area contributed by atoms with Crippen molar-refractivity contribution in [3.63, 3.8) is 0 Å². The summed E-state index contributed by atoms with van der Waals surface area (Å²) in [4.78, 5) is 23.4. The molecule has 8 nitrogen and oxygen atoms in total. The average Bonchev–Trinajstić information content (AvgIpc) is 3.44. The van der Waals surface area contributed by atoms with Crippen molar-refractivity contribution in [1.29, 1.82) is 0 Å². The molecule has 10 heteroatoms. The van der Waals surface area contributed by atoms with Crippen LogP contribution in [0.15, 0.2) is 89.9 Å². The standard InChI is InChI=1S/C34H31ClN4O4S/c35-25-7-1-5-23(18-25)31-30-24(6-2-15-37-30)19-29(38-31)43-17-3-4-21-8-10-22(11-9-21)14-16-36-20-28(41)26-12-13-27(40)32-33(26)44-34(42)39-32/h1-2,5-13,15,18-19,28,36,40-41H,3-4,14,16-17,20H2,(H,39,42)/t28-/m0/s1. The quantitative estimate of drug-likeness (QED) is 0.115. The summed E-state index contributed by atoms with van der Waals surface area (Å²) in [5.74, 6) is 0.564. The first-order chi connectivity index (χ1) is 21.4. The molecule has 3 aromatic carbocycles. The first-order valence-electron chi connectivity index (χ1n) is 14.4. The number of thiazole rings is 1. The number of phenolic OH excluding ortho intramolecular Hbond substituents is 1. The van der Waals surface area contributed by atoms with E-state index in [9.17, 15) is 15.0 Å². The maximum absolute atomic E-state index is 11.7. The number of aromatic hydroxyl groups is 1. The number of benzene rings is 3. The zero-order valence-corrected chi connectivity index (χ0v) is 25.4. The molecule has 4 N–H and O–H groups in total. The number of nitrogens with zero attached hydrogens (tertiary/aromatic N) is 2. The third-order valence-corrected chi connectivity index (χ3v) is 8.59. The lowest BCUT2D eigenvalue weighted by atomic mass is 10.1. The van der Waals surface area contributed by atoms with E-state index in [4.69, 9.17) is 21.3 Å². The molecule has 0 unspecified atom stereocenters. The largest absolute Gasteiger partial charge is 0.506 e. The van der Waals surface area contributed by atoms with Gasteiger partial charge in [0.25, 0.3) is 0 Å². The molecule has 0 aliphatic heterocycles. The highest BCUT2D eigenvalue weighted by atomic mass is 35.5. The summed E-state index contributed by atoms with van der Waals surface area (Å²) in [6.07, 6.45) is 3.51. The smallest absolute Gasteiger partial charge is 0.305 e. The first kappa shape index (κ1) is 29.8. The van der Waals surface area contributed by atoms with Crippen molar-refractivity contribution < 1.29 is 14.9 Å². The van der Waals surface area contributed by atoms with Crippen molar-refractivity contribution in [2.45, 2.75) is 25.4 Å². The summed E-state index contributed by atoms with van der Waals surface area (Å²) >= 11 is 7.22. The van der Waals surface area contributed by atoms with E-state index < -0.39 is 6.10 Å². The number of aromatic amines is 1. The van der Waals surface area contributed by atoms with Crippen molar-refractivity contribution in [2.75, 3.05) is 19.7 Å². The molecule has 3 heterocycles. The molecule has 0 aliphatic rings. The van der Waals surface area contributed by atoms with Crippen LogP contribution in [0.5, 0.6) is 11.6 Å². The number of phenols is 1. The number of aryl methyl sites for hydroxylation is 1. The molecule has 0 bridgehead atoms. The molecule has 0 saturated heterocycles. The van der Waals surface area contributed by atoms with E-state index in [1.807, 2.05) is 42.5 Å². The lowest BCUT2D eigenvalue weighted by molar-refractivity contribution is 0.176. The molecule has 0 radical (unpaired) electrons. The maximum Gasteiger partial charge on any atom is 0.305 e. The highest BCUT2D eigenvalue weighted by molar-refractivity contribution is 7.16. The number of fused-ring (bicyclic) bond motifs is 2. The van der Waals surface area contributed by atoms with Gasteiger partial charge in [-0.25, -0.2) is 4.98 Å². The van der Waals surface area contributed by atoms with Crippen LogP contribution in [0.1, 0.15) is 29.2 Å². The number of H-pyrrole nitrogens is 1. The summed E-state index contributed by atoms with van der Waals surface area (Å²) in [5.41, 5.74) is 5.88. The number of halogens is 1. The van der Waals surface area contributed by atoms with Gasteiger partial charge in [-0.2, -0.15) is 0 Å². The molecule has 0 fully saturated rings. The third kappa shape index (κ3) is 6.92. The Morgan fingerprint density at radius 1 is 1.00 bits per heavy atom. The van der Waals surface area contributed by atoms with Gasteiger partial charge in [0.1, 0.15) is 17.0 Å². The summed E-state index contributed by atoms with van der Waals surface area (Å²) in [6, 6.07) is 25.1. The minimum absolute atomic E-state index is 0.00135. The molecule has 6 rings (SSSR count). The Kier molecular flexibility index (Phi) is 9.18. The molecule has 0 aliphatic carbocycles. The lowest BCUT2D eigenvalue weighted by Crippen LogP contribution is -2.23. The maximum atomic E-state index is 11.7. The molecule has 0 spiro atoms. The highest BCUT2D eigenvalue weighted by Gasteiger charge is 2.16. The third-order valence-electron chi connectivity index (χ3n) is 7.42. The zero-order valence-electron chi connectivity index (χ0n) is 23.8. The normalized spacial score (nSPS) is 12.1. The van der Waals surface area contributed by atoms with Gasteiger partial charge in [0.05, 0.1) is 22.9 Å². The molecular weight excluding hydrogens is 596 g/mol. The Balaban J connectivity index is 0.974. The van der Waals surface area contributed by atoms with Crippen molar-refractivity contribution >= 4 is 44.1 Å².